The molecule has 2 aromatic carbocycles. The van der Waals surface area contributed by atoms with Crippen LogP contribution in [0.4, 0.5) is 13.2 Å². The molecule has 2 rings (SSSR count). The predicted molar refractivity (Wildman–Crippen MR) is 68.5 cm³/mol. The predicted octanol–water partition coefficient (Wildman–Crippen LogP) is 4.82. The second kappa shape index (κ2) is 5.96. The van der Waals surface area contributed by atoms with Crippen LogP contribution in [0.25, 0.3) is 0 Å². The average molecular weight is 282 g/mol. The lowest BCUT2D eigenvalue weighted by molar-refractivity contribution is -0.330. The number of hydrogen-bond acceptors (Lipinski definition) is 2. The minimum absolute atomic E-state index is 0.429. The van der Waals surface area contributed by atoms with Crippen molar-refractivity contribution in [2.75, 3.05) is 0 Å². The highest BCUT2D eigenvalue weighted by Gasteiger charge is 2.28. The molecule has 0 fully saturated rings. The summed E-state index contributed by atoms with van der Waals surface area (Å²) in [4.78, 5) is 0. The van der Waals surface area contributed by atoms with E-state index in [2.05, 4.69) is 4.74 Å². The van der Waals surface area contributed by atoms with Crippen molar-refractivity contribution in [3.63, 3.8) is 0 Å². The van der Waals surface area contributed by atoms with Crippen LogP contribution < -0.4 is 4.74 Å². The SMILES string of the molecule is Cc1ccc(Oc2ccc(COC(F)(F)F)cc2)cc1. The monoisotopic (exact) mass is 282 g/mol. The zero-order valence-corrected chi connectivity index (χ0v) is 10.8. The summed E-state index contributed by atoms with van der Waals surface area (Å²) >= 11 is 0. The molecule has 0 aliphatic rings. The Kier molecular flexibility index (Phi) is 4.29. The van der Waals surface area contributed by atoms with E-state index in [1.54, 1.807) is 12.1 Å². The van der Waals surface area contributed by atoms with Gasteiger partial charge in [-0.3, -0.25) is 4.74 Å². The fraction of sp³-hybridized carbons (Fsp3) is 0.200. The van der Waals surface area contributed by atoms with Gasteiger partial charge in [-0.25, -0.2) is 0 Å². The molecule has 5 heteroatoms. The third-order valence-corrected chi connectivity index (χ3v) is 2.58. The topological polar surface area (TPSA) is 18.5 Å². The molecule has 0 atom stereocenters. The summed E-state index contributed by atoms with van der Waals surface area (Å²) in [6.07, 6.45) is -4.61. The van der Waals surface area contributed by atoms with Gasteiger partial charge in [0, 0.05) is 0 Å². The van der Waals surface area contributed by atoms with Crippen LogP contribution in [-0.4, -0.2) is 6.36 Å². The van der Waals surface area contributed by atoms with E-state index in [1.807, 2.05) is 31.2 Å². The lowest BCUT2D eigenvalue weighted by Crippen LogP contribution is -2.12. The second-order valence-corrected chi connectivity index (χ2v) is 4.29. The maximum absolute atomic E-state index is 11.9. The first kappa shape index (κ1) is 14.4. The molecule has 0 aromatic heterocycles. The number of benzene rings is 2. The zero-order chi connectivity index (χ0) is 14.6. The first-order valence-electron chi connectivity index (χ1n) is 5.96. The molecular formula is C15H13F3O2. The first-order valence-corrected chi connectivity index (χ1v) is 5.96. The molecular weight excluding hydrogens is 269 g/mol. The highest BCUT2D eigenvalue weighted by molar-refractivity contribution is 5.34. The van der Waals surface area contributed by atoms with E-state index in [-0.39, 0.29) is 0 Å². The highest BCUT2D eigenvalue weighted by atomic mass is 19.4. The van der Waals surface area contributed by atoms with E-state index in [1.165, 1.54) is 12.1 Å². The minimum Gasteiger partial charge on any atom is -0.457 e. The molecule has 0 aliphatic carbocycles. The van der Waals surface area contributed by atoms with Gasteiger partial charge in [0.1, 0.15) is 11.5 Å². The van der Waals surface area contributed by atoms with Crippen LogP contribution in [0.2, 0.25) is 0 Å². The summed E-state index contributed by atoms with van der Waals surface area (Å²) in [6.45, 7) is 1.47. The largest absolute Gasteiger partial charge is 0.522 e. The van der Waals surface area contributed by atoms with Gasteiger partial charge >= 0.3 is 6.36 Å². The summed E-state index contributed by atoms with van der Waals surface area (Å²) < 4.78 is 45.0. The van der Waals surface area contributed by atoms with E-state index >= 15 is 0 Å². The molecule has 0 unspecified atom stereocenters. The standard InChI is InChI=1S/C15H13F3O2/c1-11-2-6-13(7-3-11)20-14-8-4-12(5-9-14)10-19-15(16,17)18/h2-9H,10H2,1H3. The van der Waals surface area contributed by atoms with Crippen LogP contribution in [0.3, 0.4) is 0 Å². The molecule has 0 radical (unpaired) electrons. The average Bonchev–Trinajstić information content (AvgIpc) is 2.40. The molecule has 0 saturated carbocycles. The number of rotatable bonds is 4. The van der Waals surface area contributed by atoms with Gasteiger partial charge in [0.15, 0.2) is 0 Å². The van der Waals surface area contributed by atoms with Gasteiger partial charge in [-0.2, -0.15) is 0 Å². The molecule has 0 saturated heterocycles. The van der Waals surface area contributed by atoms with E-state index in [0.717, 1.165) is 5.56 Å². The highest BCUT2D eigenvalue weighted by Crippen LogP contribution is 2.23. The first-order chi connectivity index (χ1) is 9.42. The fourth-order valence-corrected chi connectivity index (χ4v) is 1.56. The Morgan fingerprint density at radius 1 is 0.850 bits per heavy atom. The van der Waals surface area contributed by atoms with Crippen molar-refractivity contribution < 1.29 is 22.6 Å². The number of halogens is 3. The summed E-state index contributed by atoms with van der Waals surface area (Å²) in [5.41, 5.74) is 1.55. The van der Waals surface area contributed by atoms with Crippen molar-refractivity contribution in [3.05, 3.63) is 59.7 Å². The Bertz CT molecular complexity index is 545. The van der Waals surface area contributed by atoms with Crippen LogP contribution in [0, 0.1) is 6.92 Å². The molecule has 106 valence electrons. The quantitative estimate of drug-likeness (QED) is 0.800. The summed E-state index contributed by atoms with van der Waals surface area (Å²) in [7, 11) is 0. The maximum atomic E-state index is 11.9. The minimum atomic E-state index is -4.61. The lowest BCUT2D eigenvalue weighted by atomic mass is 10.2. The number of ether oxygens (including phenoxy) is 2. The van der Waals surface area contributed by atoms with E-state index < -0.39 is 13.0 Å². The maximum Gasteiger partial charge on any atom is 0.522 e. The van der Waals surface area contributed by atoms with Gasteiger partial charge in [0.2, 0.25) is 0 Å². The Morgan fingerprint density at radius 3 is 1.85 bits per heavy atom. The summed E-state index contributed by atoms with van der Waals surface area (Å²) in [5, 5.41) is 0. The van der Waals surface area contributed by atoms with Crippen LogP contribution in [-0.2, 0) is 11.3 Å². The molecule has 0 bridgehead atoms. The molecule has 0 aliphatic heterocycles. The molecule has 0 amide bonds. The second-order valence-electron chi connectivity index (χ2n) is 4.29. The van der Waals surface area contributed by atoms with Gasteiger partial charge in [-0.1, -0.05) is 29.8 Å². The smallest absolute Gasteiger partial charge is 0.457 e. The molecule has 0 heterocycles. The van der Waals surface area contributed by atoms with Gasteiger partial charge in [-0.05, 0) is 36.8 Å². The molecule has 0 N–H and O–H groups in total. The molecule has 2 aromatic rings. The fourth-order valence-electron chi connectivity index (χ4n) is 1.56. The Balaban J connectivity index is 1.96. The Hall–Kier alpha value is -2.01. The van der Waals surface area contributed by atoms with Crippen molar-refractivity contribution in [1.29, 1.82) is 0 Å². The van der Waals surface area contributed by atoms with Crippen LogP contribution >= 0.6 is 0 Å². The molecule has 2 nitrogen and oxygen atoms in total. The van der Waals surface area contributed by atoms with Crippen LogP contribution in [0.15, 0.2) is 48.5 Å². The number of aryl methyl sites for hydroxylation is 1. The van der Waals surface area contributed by atoms with Crippen molar-refractivity contribution >= 4 is 0 Å². The third-order valence-electron chi connectivity index (χ3n) is 2.58. The molecule has 20 heavy (non-hydrogen) atoms. The van der Waals surface area contributed by atoms with Crippen molar-refractivity contribution in [2.45, 2.75) is 19.9 Å². The van der Waals surface area contributed by atoms with Gasteiger partial charge < -0.3 is 4.74 Å². The third kappa shape index (κ3) is 4.59. The number of hydrogen-bond donors (Lipinski definition) is 0. The van der Waals surface area contributed by atoms with Gasteiger partial charge in [0.25, 0.3) is 0 Å². The van der Waals surface area contributed by atoms with E-state index in [4.69, 9.17) is 4.74 Å². The van der Waals surface area contributed by atoms with Crippen LogP contribution in [0.1, 0.15) is 11.1 Å². The number of alkyl halides is 3. The van der Waals surface area contributed by atoms with Crippen LogP contribution in [0.5, 0.6) is 11.5 Å². The van der Waals surface area contributed by atoms with Crippen molar-refractivity contribution in [3.8, 4) is 11.5 Å². The Labute approximate surface area is 114 Å². The van der Waals surface area contributed by atoms with Gasteiger partial charge in [0.05, 0.1) is 6.61 Å². The summed E-state index contributed by atoms with van der Waals surface area (Å²) in [5.74, 6) is 1.24. The van der Waals surface area contributed by atoms with Crippen molar-refractivity contribution in [1.82, 2.24) is 0 Å². The Morgan fingerprint density at radius 2 is 1.35 bits per heavy atom. The van der Waals surface area contributed by atoms with Gasteiger partial charge in [-0.15, -0.1) is 13.2 Å². The van der Waals surface area contributed by atoms with E-state index in [0.29, 0.717) is 17.1 Å². The summed E-state index contributed by atoms with van der Waals surface area (Å²) in [6, 6.07) is 13.8. The zero-order valence-electron chi connectivity index (χ0n) is 10.8. The van der Waals surface area contributed by atoms with E-state index in [9.17, 15) is 13.2 Å². The lowest BCUT2D eigenvalue weighted by Gasteiger charge is -2.09. The normalized spacial score (nSPS) is 11.4. The molecule has 0 spiro atoms. The van der Waals surface area contributed by atoms with Crippen molar-refractivity contribution in [2.24, 2.45) is 0 Å².